The lowest BCUT2D eigenvalue weighted by Crippen LogP contribution is -2.29. The number of hydrogen-bond donors (Lipinski definition) is 1. The summed E-state index contributed by atoms with van der Waals surface area (Å²) < 4.78 is 0. The number of nitrogens with zero attached hydrogens (tertiary/aromatic N) is 1. The van der Waals surface area contributed by atoms with E-state index in [9.17, 15) is 4.79 Å². The summed E-state index contributed by atoms with van der Waals surface area (Å²) in [6, 6.07) is 7.93. The molecule has 3 heteroatoms. The molecule has 0 saturated heterocycles. The van der Waals surface area contributed by atoms with Crippen molar-refractivity contribution in [3.8, 4) is 0 Å². The minimum Gasteiger partial charge on any atom is -0.330 e. The lowest BCUT2D eigenvalue weighted by atomic mass is 10.1. The van der Waals surface area contributed by atoms with Gasteiger partial charge in [-0.3, -0.25) is 4.79 Å². The van der Waals surface area contributed by atoms with E-state index >= 15 is 0 Å². The fourth-order valence-corrected chi connectivity index (χ4v) is 1.43. The highest BCUT2D eigenvalue weighted by atomic mass is 16.2. The molecule has 1 aromatic carbocycles. The Hall–Kier alpha value is -1.35. The molecule has 16 heavy (non-hydrogen) atoms. The van der Waals surface area contributed by atoms with Crippen LogP contribution in [0.15, 0.2) is 24.3 Å². The molecule has 0 radical (unpaired) electrons. The monoisotopic (exact) mass is 220 g/mol. The van der Waals surface area contributed by atoms with E-state index < -0.39 is 0 Å². The fraction of sp³-hybridized carbons (Fsp3) is 0.462. The Kier molecular flexibility index (Phi) is 4.50. The first-order valence-corrected chi connectivity index (χ1v) is 5.58. The second-order valence-corrected chi connectivity index (χ2v) is 4.33. The third kappa shape index (κ3) is 3.35. The number of nitrogens with two attached hydrogens (primary N) is 1. The van der Waals surface area contributed by atoms with Gasteiger partial charge in [0.2, 0.25) is 5.91 Å². The zero-order chi connectivity index (χ0) is 12.1. The topological polar surface area (TPSA) is 46.3 Å². The van der Waals surface area contributed by atoms with E-state index in [2.05, 4.69) is 0 Å². The van der Waals surface area contributed by atoms with E-state index in [-0.39, 0.29) is 11.8 Å². The summed E-state index contributed by atoms with van der Waals surface area (Å²) in [6.07, 6.45) is 0.501. The molecule has 2 N–H and O–H groups in total. The smallest absolute Gasteiger partial charge is 0.227 e. The van der Waals surface area contributed by atoms with Crippen molar-refractivity contribution in [2.75, 3.05) is 18.5 Å². The van der Waals surface area contributed by atoms with Gasteiger partial charge in [-0.2, -0.15) is 0 Å². The molecule has 0 bridgehead atoms. The Bertz CT molecular complexity index is 345. The lowest BCUT2D eigenvalue weighted by molar-refractivity contribution is -0.119. The van der Waals surface area contributed by atoms with Gasteiger partial charge < -0.3 is 10.6 Å². The molecule has 0 aliphatic rings. The van der Waals surface area contributed by atoms with Crippen LogP contribution in [0.4, 0.5) is 5.69 Å². The van der Waals surface area contributed by atoms with Crippen molar-refractivity contribution in [3.63, 3.8) is 0 Å². The van der Waals surface area contributed by atoms with E-state index in [0.29, 0.717) is 13.0 Å². The number of carbonyl (C=O) groups is 1. The SMILES string of the molecule is Cc1ccc(N(C)C(=O)CC(C)CN)cc1. The van der Waals surface area contributed by atoms with Crippen LogP contribution in [0.2, 0.25) is 0 Å². The van der Waals surface area contributed by atoms with Crippen molar-refractivity contribution < 1.29 is 4.79 Å². The second-order valence-electron chi connectivity index (χ2n) is 4.33. The molecule has 0 aromatic heterocycles. The molecule has 1 rings (SSSR count). The Labute approximate surface area is 97.2 Å². The van der Waals surface area contributed by atoms with Gasteiger partial charge >= 0.3 is 0 Å². The van der Waals surface area contributed by atoms with E-state index in [1.807, 2.05) is 38.1 Å². The average molecular weight is 220 g/mol. The fourth-order valence-electron chi connectivity index (χ4n) is 1.43. The first-order valence-electron chi connectivity index (χ1n) is 5.58. The van der Waals surface area contributed by atoms with Crippen LogP contribution in [0.25, 0.3) is 0 Å². The van der Waals surface area contributed by atoms with E-state index in [4.69, 9.17) is 5.73 Å². The van der Waals surface area contributed by atoms with Gasteiger partial charge in [0.05, 0.1) is 0 Å². The molecule has 3 nitrogen and oxygen atoms in total. The molecule has 88 valence electrons. The number of hydrogen-bond acceptors (Lipinski definition) is 2. The van der Waals surface area contributed by atoms with Gasteiger partial charge in [0.1, 0.15) is 0 Å². The van der Waals surface area contributed by atoms with Crippen molar-refractivity contribution in [2.24, 2.45) is 11.7 Å². The van der Waals surface area contributed by atoms with Crippen LogP contribution >= 0.6 is 0 Å². The van der Waals surface area contributed by atoms with Gasteiger partial charge in [-0.25, -0.2) is 0 Å². The summed E-state index contributed by atoms with van der Waals surface area (Å²) in [5.41, 5.74) is 7.63. The van der Waals surface area contributed by atoms with Gasteiger partial charge in [0.25, 0.3) is 0 Å². The van der Waals surface area contributed by atoms with Crippen molar-refractivity contribution >= 4 is 11.6 Å². The van der Waals surface area contributed by atoms with Crippen LogP contribution in [-0.4, -0.2) is 19.5 Å². The van der Waals surface area contributed by atoms with Crippen molar-refractivity contribution in [1.82, 2.24) is 0 Å². The zero-order valence-electron chi connectivity index (χ0n) is 10.2. The summed E-state index contributed by atoms with van der Waals surface area (Å²) in [5, 5.41) is 0. The maximum absolute atomic E-state index is 11.9. The van der Waals surface area contributed by atoms with E-state index in [1.165, 1.54) is 5.56 Å². The van der Waals surface area contributed by atoms with Crippen LogP contribution in [0, 0.1) is 12.8 Å². The molecule has 0 heterocycles. The van der Waals surface area contributed by atoms with Gasteiger partial charge in [-0.1, -0.05) is 24.6 Å². The molecule has 0 aliphatic heterocycles. The standard InChI is InChI=1S/C13H20N2O/c1-10-4-6-12(7-5-10)15(3)13(16)8-11(2)9-14/h4-7,11H,8-9,14H2,1-3H3. The summed E-state index contributed by atoms with van der Waals surface area (Å²) in [4.78, 5) is 13.6. The van der Waals surface area contributed by atoms with Gasteiger partial charge in [-0.15, -0.1) is 0 Å². The molecule has 1 aromatic rings. The normalized spacial score (nSPS) is 12.2. The number of benzene rings is 1. The van der Waals surface area contributed by atoms with Crippen molar-refractivity contribution in [1.29, 1.82) is 0 Å². The highest BCUT2D eigenvalue weighted by molar-refractivity contribution is 5.92. The average Bonchev–Trinajstić information content (AvgIpc) is 2.28. The van der Waals surface area contributed by atoms with E-state index in [0.717, 1.165) is 5.69 Å². The lowest BCUT2D eigenvalue weighted by Gasteiger charge is -2.19. The minimum absolute atomic E-state index is 0.113. The molecular weight excluding hydrogens is 200 g/mol. The van der Waals surface area contributed by atoms with Crippen LogP contribution < -0.4 is 10.6 Å². The highest BCUT2D eigenvalue weighted by Gasteiger charge is 2.13. The van der Waals surface area contributed by atoms with Gasteiger partial charge in [0.15, 0.2) is 0 Å². The third-order valence-electron chi connectivity index (χ3n) is 2.72. The molecule has 1 amide bonds. The molecule has 0 aliphatic carbocycles. The molecule has 0 spiro atoms. The maximum Gasteiger partial charge on any atom is 0.227 e. The van der Waals surface area contributed by atoms with Gasteiger partial charge in [-0.05, 0) is 31.5 Å². The first kappa shape index (κ1) is 12.7. The predicted molar refractivity (Wildman–Crippen MR) is 67.4 cm³/mol. The number of aryl methyl sites for hydroxylation is 1. The van der Waals surface area contributed by atoms with Crippen LogP contribution in [0.3, 0.4) is 0 Å². The summed E-state index contributed by atoms with van der Waals surface area (Å²) >= 11 is 0. The number of rotatable bonds is 4. The Morgan fingerprint density at radius 2 is 1.94 bits per heavy atom. The number of carbonyl (C=O) groups excluding carboxylic acids is 1. The maximum atomic E-state index is 11.9. The van der Waals surface area contributed by atoms with E-state index in [1.54, 1.807) is 11.9 Å². The largest absolute Gasteiger partial charge is 0.330 e. The Morgan fingerprint density at radius 3 is 2.44 bits per heavy atom. The summed E-state index contributed by atoms with van der Waals surface area (Å²) in [6.45, 7) is 4.57. The predicted octanol–water partition coefficient (Wildman–Crippen LogP) is 1.94. The van der Waals surface area contributed by atoms with Crippen LogP contribution in [0.5, 0.6) is 0 Å². The quantitative estimate of drug-likeness (QED) is 0.843. The Balaban J connectivity index is 2.66. The molecule has 1 atom stereocenters. The minimum atomic E-state index is 0.113. The molecule has 0 fully saturated rings. The second kappa shape index (κ2) is 5.66. The number of anilines is 1. The highest BCUT2D eigenvalue weighted by Crippen LogP contribution is 2.15. The van der Waals surface area contributed by atoms with Crippen molar-refractivity contribution in [2.45, 2.75) is 20.3 Å². The Morgan fingerprint density at radius 1 is 1.38 bits per heavy atom. The zero-order valence-corrected chi connectivity index (χ0v) is 10.2. The molecular formula is C13H20N2O. The van der Waals surface area contributed by atoms with Gasteiger partial charge in [0, 0.05) is 19.2 Å². The summed E-state index contributed by atoms with van der Waals surface area (Å²) in [5.74, 6) is 0.349. The van der Waals surface area contributed by atoms with Crippen LogP contribution in [0.1, 0.15) is 18.9 Å². The molecule has 1 unspecified atom stereocenters. The van der Waals surface area contributed by atoms with Crippen LogP contribution in [-0.2, 0) is 4.79 Å². The third-order valence-corrected chi connectivity index (χ3v) is 2.72. The number of amides is 1. The molecule has 0 saturated carbocycles. The van der Waals surface area contributed by atoms with Crippen molar-refractivity contribution in [3.05, 3.63) is 29.8 Å². The summed E-state index contributed by atoms with van der Waals surface area (Å²) in [7, 11) is 1.80. The first-order chi connectivity index (χ1) is 7.54.